The molecule has 7 heteroatoms. The number of hydrazine groups is 2. The van der Waals surface area contributed by atoms with Gasteiger partial charge in [-0.1, -0.05) is 18.2 Å². The van der Waals surface area contributed by atoms with Crippen LogP contribution >= 0.6 is 0 Å². The Hall–Kier alpha value is -0.990. The largest absolute Gasteiger partial charge is 0.381 e. The molecule has 0 amide bonds. The molecule has 0 bridgehead atoms. The Labute approximate surface area is 128 Å². The van der Waals surface area contributed by atoms with E-state index in [1.807, 2.05) is 30.3 Å². The highest BCUT2D eigenvalue weighted by Crippen LogP contribution is 2.17. The topological polar surface area (TPSA) is 74.4 Å². The van der Waals surface area contributed by atoms with Crippen LogP contribution in [0.15, 0.2) is 30.3 Å². The van der Waals surface area contributed by atoms with Crippen molar-refractivity contribution >= 4 is 16.5 Å². The van der Waals surface area contributed by atoms with E-state index in [4.69, 9.17) is 4.74 Å². The molecule has 118 valence electrons. The van der Waals surface area contributed by atoms with E-state index in [9.17, 15) is 4.21 Å². The minimum atomic E-state index is -1.04. The summed E-state index contributed by atoms with van der Waals surface area (Å²) in [5, 5.41) is 3.24. The molecule has 3 atom stereocenters. The van der Waals surface area contributed by atoms with Gasteiger partial charge in [-0.2, -0.15) is 5.53 Å². The highest BCUT2D eigenvalue weighted by molar-refractivity contribution is 7.85. The fourth-order valence-electron chi connectivity index (χ4n) is 2.20. The zero-order chi connectivity index (χ0) is 14.9. The van der Waals surface area contributed by atoms with Crippen molar-refractivity contribution in [1.82, 2.24) is 16.4 Å². The van der Waals surface area contributed by atoms with Crippen molar-refractivity contribution < 1.29 is 8.95 Å². The smallest absolute Gasteiger partial charge is 0.168 e. The lowest BCUT2D eigenvalue weighted by molar-refractivity contribution is 0.185. The molecule has 1 aromatic rings. The Morgan fingerprint density at radius 2 is 2.19 bits per heavy atom. The number of hydrogen-bond donors (Lipinski definition) is 4. The number of para-hydroxylation sites is 1. The summed E-state index contributed by atoms with van der Waals surface area (Å²) < 4.78 is 17.8. The van der Waals surface area contributed by atoms with E-state index in [-0.39, 0.29) is 5.50 Å². The quantitative estimate of drug-likeness (QED) is 0.399. The summed E-state index contributed by atoms with van der Waals surface area (Å²) in [5.41, 5.74) is 9.14. The lowest BCUT2D eigenvalue weighted by atomic mass is 10.1. The van der Waals surface area contributed by atoms with Gasteiger partial charge < -0.3 is 10.1 Å². The van der Waals surface area contributed by atoms with Crippen LogP contribution in [0.5, 0.6) is 0 Å². The lowest BCUT2D eigenvalue weighted by Gasteiger charge is -2.21. The summed E-state index contributed by atoms with van der Waals surface area (Å²) in [6.07, 6.45) is 2.01. The second kappa shape index (κ2) is 9.11. The van der Waals surface area contributed by atoms with Crippen LogP contribution in [0, 0.1) is 5.92 Å². The number of hydrogen-bond acceptors (Lipinski definition) is 6. The van der Waals surface area contributed by atoms with Crippen molar-refractivity contribution in [3.05, 3.63) is 30.3 Å². The van der Waals surface area contributed by atoms with E-state index >= 15 is 0 Å². The minimum absolute atomic E-state index is 0.359. The standard InChI is InChI=1S/C14H24N4O2S/c1-15-18-17-14(16-13-5-3-2-4-6-13)21(19)10-8-12-7-9-20-11-12/h2-6,12,14-18H,7-11H2,1H3. The van der Waals surface area contributed by atoms with E-state index in [2.05, 4.69) is 21.7 Å². The summed E-state index contributed by atoms with van der Waals surface area (Å²) in [7, 11) is 0.719. The Morgan fingerprint density at radius 3 is 2.86 bits per heavy atom. The van der Waals surface area contributed by atoms with Gasteiger partial charge in [-0.15, -0.1) is 0 Å². The van der Waals surface area contributed by atoms with Gasteiger partial charge in [0.05, 0.1) is 10.8 Å². The number of ether oxygens (including phenoxy) is 1. The molecule has 3 unspecified atom stereocenters. The third-order valence-electron chi connectivity index (χ3n) is 3.41. The first kappa shape index (κ1) is 16.4. The van der Waals surface area contributed by atoms with Crippen molar-refractivity contribution in [3.63, 3.8) is 0 Å². The molecule has 0 aromatic heterocycles. The molecule has 1 aliphatic rings. The van der Waals surface area contributed by atoms with Gasteiger partial charge in [0, 0.05) is 24.7 Å². The molecule has 1 fully saturated rings. The number of rotatable bonds is 9. The summed E-state index contributed by atoms with van der Waals surface area (Å²) in [4.78, 5) is 0. The SMILES string of the molecule is CNNNC(Nc1ccccc1)S(=O)CCC1CCOC1. The number of nitrogens with one attached hydrogen (secondary N) is 4. The van der Waals surface area contributed by atoms with Gasteiger partial charge >= 0.3 is 0 Å². The molecule has 0 saturated carbocycles. The molecule has 4 N–H and O–H groups in total. The molecule has 1 heterocycles. The zero-order valence-electron chi connectivity index (χ0n) is 12.3. The van der Waals surface area contributed by atoms with Gasteiger partial charge in [-0.3, -0.25) is 4.21 Å². The molecule has 0 spiro atoms. The van der Waals surface area contributed by atoms with Crippen LogP contribution in [0.2, 0.25) is 0 Å². The fourth-order valence-corrected chi connectivity index (χ4v) is 3.46. The Morgan fingerprint density at radius 1 is 1.38 bits per heavy atom. The normalized spacial score (nSPS) is 21.1. The summed E-state index contributed by atoms with van der Waals surface area (Å²) in [6.45, 7) is 1.64. The van der Waals surface area contributed by atoms with Crippen molar-refractivity contribution in [2.45, 2.75) is 18.3 Å². The first-order valence-corrected chi connectivity index (χ1v) is 8.61. The Balaban J connectivity index is 1.86. The summed E-state index contributed by atoms with van der Waals surface area (Å²) >= 11 is 0. The van der Waals surface area contributed by atoms with E-state index in [0.717, 1.165) is 31.7 Å². The summed E-state index contributed by atoms with van der Waals surface area (Å²) in [5.74, 6) is 1.19. The van der Waals surface area contributed by atoms with E-state index in [0.29, 0.717) is 11.7 Å². The second-order valence-corrected chi connectivity index (χ2v) is 6.65. The monoisotopic (exact) mass is 312 g/mol. The predicted octanol–water partition coefficient (Wildman–Crippen LogP) is 0.786. The first-order chi connectivity index (χ1) is 10.3. The van der Waals surface area contributed by atoms with E-state index < -0.39 is 10.8 Å². The molecule has 6 nitrogen and oxygen atoms in total. The van der Waals surface area contributed by atoms with E-state index in [1.165, 1.54) is 0 Å². The van der Waals surface area contributed by atoms with Crippen LogP contribution in [0.4, 0.5) is 5.69 Å². The molecule has 1 aromatic carbocycles. The third-order valence-corrected chi connectivity index (χ3v) is 4.81. The zero-order valence-corrected chi connectivity index (χ0v) is 13.1. The predicted molar refractivity (Wildman–Crippen MR) is 85.7 cm³/mol. The Bertz CT molecular complexity index is 426. The third kappa shape index (κ3) is 5.72. The average molecular weight is 312 g/mol. The van der Waals surface area contributed by atoms with Crippen molar-refractivity contribution in [2.24, 2.45) is 5.92 Å². The lowest BCUT2D eigenvalue weighted by Crippen LogP contribution is -2.52. The van der Waals surface area contributed by atoms with Gasteiger partial charge in [0.1, 0.15) is 0 Å². The minimum Gasteiger partial charge on any atom is -0.381 e. The van der Waals surface area contributed by atoms with E-state index in [1.54, 1.807) is 7.05 Å². The van der Waals surface area contributed by atoms with Gasteiger partial charge in [0.2, 0.25) is 0 Å². The van der Waals surface area contributed by atoms with Crippen LogP contribution in [-0.2, 0) is 15.5 Å². The van der Waals surface area contributed by atoms with Crippen molar-refractivity contribution in [1.29, 1.82) is 0 Å². The molecular formula is C14H24N4O2S. The number of benzene rings is 1. The van der Waals surface area contributed by atoms with Crippen LogP contribution in [0.3, 0.4) is 0 Å². The van der Waals surface area contributed by atoms with Crippen LogP contribution in [0.25, 0.3) is 0 Å². The van der Waals surface area contributed by atoms with Crippen LogP contribution < -0.4 is 21.7 Å². The van der Waals surface area contributed by atoms with Crippen molar-refractivity contribution in [2.75, 3.05) is 31.3 Å². The van der Waals surface area contributed by atoms with Gasteiger partial charge in [0.25, 0.3) is 0 Å². The second-order valence-electron chi connectivity index (χ2n) is 5.01. The maximum atomic E-state index is 12.5. The van der Waals surface area contributed by atoms with Crippen LogP contribution in [-0.4, -0.2) is 35.7 Å². The molecular weight excluding hydrogens is 288 g/mol. The molecule has 1 saturated heterocycles. The molecule has 2 rings (SSSR count). The average Bonchev–Trinajstić information content (AvgIpc) is 3.03. The molecule has 21 heavy (non-hydrogen) atoms. The summed E-state index contributed by atoms with van der Waals surface area (Å²) in [6, 6.07) is 9.76. The molecule has 1 aliphatic heterocycles. The highest BCUT2D eigenvalue weighted by Gasteiger charge is 2.20. The first-order valence-electron chi connectivity index (χ1n) is 7.23. The van der Waals surface area contributed by atoms with Crippen LogP contribution in [0.1, 0.15) is 12.8 Å². The maximum Gasteiger partial charge on any atom is 0.168 e. The molecule has 0 radical (unpaired) electrons. The van der Waals surface area contributed by atoms with Gasteiger partial charge in [-0.05, 0) is 37.9 Å². The molecule has 0 aliphatic carbocycles. The highest BCUT2D eigenvalue weighted by atomic mass is 32.2. The fraction of sp³-hybridized carbons (Fsp3) is 0.571. The van der Waals surface area contributed by atoms with Gasteiger partial charge in [0.15, 0.2) is 5.50 Å². The van der Waals surface area contributed by atoms with Crippen molar-refractivity contribution in [3.8, 4) is 0 Å². The van der Waals surface area contributed by atoms with Gasteiger partial charge in [-0.25, -0.2) is 10.9 Å². The number of anilines is 1. The maximum absolute atomic E-state index is 12.5. The Kier molecular flexibility index (Phi) is 7.11.